The third kappa shape index (κ3) is 3.76. The van der Waals surface area contributed by atoms with Gasteiger partial charge in [0.25, 0.3) is 0 Å². The van der Waals surface area contributed by atoms with E-state index in [2.05, 4.69) is 0 Å². The van der Waals surface area contributed by atoms with Gasteiger partial charge in [0.05, 0.1) is 0 Å². The summed E-state index contributed by atoms with van der Waals surface area (Å²) < 4.78 is 6.07. The van der Waals surface area contributed by atoms with Gasteiger partial charge < -0.3 is 14.9 Å². The molecule has 0 saturated heterocycles. The summed E-state index contributed by atoms with van der Waals surface area (Å²) in [6.07, 6.45) is 0. The van der Waals surface area contributed by atoms with E-state index in [-0.39, 0.29) is 22.3 Å². The van der Waals surface area contributed by atoms with Crippen LogP contribution in [0.1, 0.15) is 63.8 Å². The zero-order valence-electron chi connectivity index (χ0n) is 16.6. The Labute approximate surface area is 151 Å². The molecule has 0 amide bonds. The van der Waals surface area contributed by atoms with Crippen LogP contribution in [0.2, 0.25) is 0 Å². The molecule has 0 spiro atoms. The highest BCUT2D eigenvalue weighted by atomic mass is 16.5. The van der Waals surface area contributed by atoms with E-state index in [0.29, 0.717) is 11.5 Å². The Morgan fingerprint density at radius 3 is 1.24 bits per heavy atom. The van der Waals surface area contributed by atoms with Crippen molar-refractivity contribution in [2.24, 2.45) is 0 Å². The molecule has 0 aliphatic rings. The van der Waals surface area contributed by atoms with Gasteiger partial charge in [0, 0.05) is 11.1 Å². The quantitative estimate of drug-likeness (QED) is 0.693. The largest absolute Gasteiger partial charge is 0.504 e. The predicted octanol–water partition coefficient (Wildman–Crippen LogP) is 6.10. The molecule has 0 unspecified atom stereocenters. The predicted molar refractivity (Wildman–Crippen MR) is 103 cm³/mol. The Morgan fingerprint density at radius 1 is 0.640 bits per heavy atom. The second kappa shape index (κ2) is 6.29. The third-order valence-corrected chi connectivity index (χ3v) is 4.48. The van der Waals surface area contributed by atoms with Gasteiger partial charge in [-0.25, -0.2) is 0 Å². The Morgan fingerprint density at radius 2 is 0.960 bits per heavy atom. The molecule has 0 heterocycles. The minimum Gasteiger partial charge on any atom is -0.504 e. The van der Waals surface area contributed by atoms with E-state index in [1.54, 1.807) is 0 Å². The molecule has 0 aliphatic heterocycles. The van der Waals surface area contributed by atoms with Gasteiger partial charge >= 0.3 is 0 Å². The van der Waals surface area contributed by atoms with Gasteiger partial charge in [-0.05, 0) is 35.8 Å². The Hall–Kier alpha value is -2.16. The molecule has 0 aromatic heterocycles. The van der Waals surface area contributed by atoms with Crippen molar-refractivity contribution < 1.29 is 14.9 Å². The van der Waals surface area contributed by atoms with Crippen molar-refractivity contribution in [2.75, 3.05) is 0 Å². The van der Waals surface area contributed by atoms with E-state index in [9.17, 15) is 10.2 Å². The summed E-state index contributed by atoms with van der Waals surface area (Å²) in [5.41, 5.74) is 2.87. The summed E-state index contributed by atoms with van der Waals surface area (Å²) in [4.78, 5) is 0. The first kappa shape index (κ1) is 19.2. The number of hydrogen-bond donors (Lipinski definition) is 2. The molecule has 2 aromatic carbocycles. The molecule has 3 heteroatoms. The van der Waals surface area contributed by atoms with Gasteiger partial charge in [-0.2, -0.15) is 0 Å². The van der Waals surface area contributed by atoms with Crippen molar-refractivity contribution in [2.45, 2.75) is 66.2 Å². The fourth-order valence-electron chi connectivity index (χ4n) is 2.91. The number of benzene rings is 2. The normalized spacial score (nSPS) is 12.3. The van der Waals surface area contributed by atoms with Gasteiger partial charge in [0.1, 0.15) is 0 Å². The van der Waals surface area contributed by atoms with Gasteiger partial charge in [0.2, 0.25) is 0 Å². The maximum absolute atomic E-state index is 10.8. The maximum Gasteiger partial charge on any atom is 0.172 e. The van der Waals surface area contributed by atoms with Crippen LogP contribution in [0.5, 0.6) is 23.0 Å². The summed E-state index contributed by atoms with van der Waals surface area (Å²) in [6, 6.07) is 7.73. The highest BCUT2D eigenvalue weighted by Gasteiger charge is 2.25. The van der Waals surface area contributed by atoms with Crippen LogP contribution in [-0.2, 0) is 10.8 Å². The summed E-state index contributed by atoms with van der Waals surface area (Å²) in [5.74, 6) is 1.06. The second-order valence-electron chi connectivity index (χ2n) is 8.82. The van der Waals surface area contributed by atoms with Gasteiger partial charge in [-0.15, -0.1) is 0 Å². The van der Waals surface area contributed by atoms with Gasteiger partial charge in [-0.1, -0.05) is 65.8 Å². The molecule has 25 heavy (non-hydrogen) atoms. The van der Waals surface area contributed by atoms with Crippen LogP contribution in [-0.4, -0.2) is 10.2 Å². The summed E-state index contributed by atoms with van der Waals surface area (Å²) in [5, 5.41) is 21.5. The molecule has 3 nitrogen and oxygen atoms in total. The lowest BCUT2D eigenvalue weighted by Crippen LogP contribution is -2.13. The smallest absolute Gasteiger partial charge is 0.172 e. The highest BCUT2D eigenvalue weighted by molar-refractivity contribution is 5.59. The highest BCUT2D eigenvalue weighted by Crippen LogP contribution is 2.46. The van der Waals surface area contributed by atoms with Crippen LogP contribution < -0.4 is 4.74 Å². The van der Waals surface area contributed by atoms with E-state index in [4.69, 9.17) is 4.74 Å². The molecule has 0 saturated carbocycles. The zero-order chi connectivity index (χ0) is 19.2. The summed E-state index contributed by atoms with van der Waals surface area (Å²) >= 11 is 0. The Balaban J connectivity index is 2.62. The van der Waals surface area contributed by atoms with E-state index >= 15 is 0 Å². The van der Waals surface area contributed by atoms with Gasteiger partial charge in [-0.3, -0.25) is 0 Å². The van der Waals surface area contributed by atoms with Crippen molar-refractivity contribution >= 4 is 0 Å². The average Bonchev–Trinajstić information content (AvgIpc) is 2.43. The zero-order valence-corrected chi connectivity index (χ0v) is 16.6. The Bertz CT molecular complexity index is 723. The molecular weight excluding hydrogens is 312 g/mol. The van der Waals surface area contributed by atoms with Crippen molar-refractivity contribution in [3.63, 3.8) is 0 Å². The lowest BCUT2D eigenvalue weighted by atomic mass is 9.85. The van der Waals surface area contributed by atoms with Crippen LogP contribution in [0.4, 0.5) is 0 Å². The minimum atomic E-state index is -0.208. The van der Waals surface area contributed by atoms with E-state index in [1.807, 2.05) is 79.7 Å². The standard InChI is InChI=1S/C22H30O3/c1-13-9-11-15(21(3,4)5)17(23)19(13)25-20-14(2)10-12-16(18(20)24)22(6,7)8/h9-12,23-24H,1-8H3. The molecule has 2 rings (SSSR count). The number of hydrogen-bond acceptors (Lipinski definition) is 3. The summed E-state index contributed by atoms with van der Waals surface area (Å²) in [7, 11) is 0. The molecule has 2 aromatic rings. The fourth-order valence-corrected chi connectivity index (χ4v) is 2.91. The van der Waals surface area contributed by atoms with Crippen molar-refractivity contribution in [1.29, 1.82) is 0 Å². The molecule has 2 N–H and O–H groups in total. The monoisotopic (exact) mass is 342 g/mol. The van der Waals surface area contributed by atoms with E-state index < -0.39 is 0 Å². The second-order valence-corrected chi connectivity index (χ2v) is 8.82. The SMILES string of the molecule is Cc1ccc(C(C)(C)C)c(O)c1Oc1c(C)ccc(C(C)(C)C)c1O. The third-order valence-electron chi connectivity index (χ3n) is 4.48. The molecule has 0 radical (unpaired) electrons. The lowest BCUT2D eigenvalue weighted by Gasteiger charge is -2.25. The number of aromatic hydroxyl groups is 2. The van der Waals surface area contributed by atoms with Gasteiger partial charge in [0.15, 0.2) is 23.0 Å². The first-order valence-corrected chi connectivity index (χ1v) is 8.68. The minimum absolute atomic E-state index is 0.132. The molecular formula is C22H30O3. The maximum atomic E-state index is 10.8. The topological polar surface area (TPSA) is 49.7 Å². The van der Waals surface area contributed by atoms with Crippen LogP contribution in [0.25, 0.3) is 0 Å². The molecule has 0 aliphatic carbocycles. The van der Waals surface area contributed by atoms with Crippen molar-refractivity contribution in [3.8, 4) is 23.0 Å². The first-order valence-electron chi connectivity index (χ1n) is 8.68. The van der Waals surface area contributed by atoms with Crippen LogP contribution >= 0.6 is 0 Å². The van der Waals surface area contributed by atoms with Crippen molar-refractivity contribution in [3.05, 3.63) is 46.5 Å². The lowest BCUT2D eigenvalue weighted by molar-refractivity contribution is 0.367. The molecule has 0 fully saturated rings. The number of phenols is 2. The van der Waals surface area contributed by atoms with E-state index in [0.717, 1.165) is 22.3 Å². The molecule has 0 atom stereocenters. The van der Waals surface area contributed by atoms with Crippen LogP contribution in [0.15, 0.2) is 24.3 Å². The molecule has 136 valence electrons. The first-order chi connectivity index (χ1) is 11.3. The van der Waals surface area contributed by atoms with Crippen LogP contribution in [0.3, 0.4) is 0 Å². The van der Waals surface area contributed by atoms with Crippen LogP contribution in [0, 0.1) is 13.8 Å². The fraction of sp³-hybridized carbons (Fsp3) is 0.455. The Kier molecular flexibility index (Phi) is 4.82. The number of rotatable bonds is 2. The number of aryl methyl sites for hydroxylation is 2. The van der Waals surface area contributed by atoms with E-state index in [1.165, 1.54) is 0 Å². The molecule has 0 bridgehead atoms. The number of phenolic OH excluding ortho intramolecular Hbond substituents is 2. The summed E-state index contributed by atoms with van der Waals surface area (Å²) in [6.45, 7) is 16.1. The average molecular weight is 342 g/mol. The number of ether oxygens (including phenoxy) is 1. The van der Waals surface area contributed by atoms with Crippen molar-refractivity contribution in [1.82, 2.24) is 0 Å².